The van der Waals surface area contributed by atoms with Crippen LogP contribution in [-0.2, 0) is 5.41 Å². The van der Waals surface area contributed by atoms with Gasteiger partial charge in [0.15, 0.2) is 5.75 Å². The van der Waals surface area contributed by atoms with Crippen LogP contribution in [-0.4, -0.2) is 41.5 Å². The SMILES string of the molecule is CC[C@H](O)COc1ccc(C(C)(C)c2cc(Cl)c(OC[C@@H](O)CCl)c(Cl)c2)cc1. The summed E-state index contributed by atoms with van der Waals surface area (Å²) in [6, 6.07) is 11.4. The molecule has 2 aromatic carbocycles. The highest BCUT2D eigenvalue weighted by Gasteiger charge is 2.26. The van der Waals surface area contributed by atoms with Gasteiger partial charge in [0.2, 0.25) is 0 Å². The van der Waals surface area contributed by atoms with Crippen LogP contribution in [0.4, 0.5) is 0 Å². The molecule has 0 fully saturated rings. The third kappa shape index (κ3) is 6.40. The van der Waals surface area contributed by atoms with Crippen molar-refractivity contribution in [1.29, 1.82) is 0 Å². The van der Waals surface area contributed by atoms with Crippen molar-refractivity contribution in [3.63, 3.8) is 0 Å². The Morgan fingerprint density at radius 3 is 1.97 bits per heavy atom. The largest absolute Gasteiger partial charge is 0.491 e. The molecule has 0 aliphatic rings. The van der Waals surface area contributed by atoms with Gasteiger partial charge in [-0.3, -0.25) is 0 Å². The fourth-order valence-corrected chi connectivity index (χ4v) is 3.41. The molecule has 2 rings (SSSR count). The van der Waals surface area contributed by atoms with E-state index >= 15 is 0 Å². The molecular formula is C22H27Cl3O4. The molecule has 160 valence electrons. The fourth-order valence-electron chi connectivity index (χ4n) is 2.73. The van der Waals surface area contributed by atoms with E-state index in [0.29, 0.717) is 28.0 Å². The molecule has 7 heteroatoms. The van der Waals surface area contributed by atoms with Gasteiger partial charge in [0, 0.05) is 5.41 Å². The number of alkyl halides is 1. The van der Waals surface area contributed by atoms with Gasteiger partial charge in [0.1, 0.15) is 25.1 Å². The van der Waals surface area contributed by atoms with Gasteiger partial charge in [0.05, 0.1) is 22.0 Å². The maximum absolute atomic E-state index is 9.63. The lowest BCUT2D eigenvalue weighted by atomic mass is 9.78. The van der Waals surface area contributed by atoms with Gasteiger partial charge in [-0.15, -0.1) is 11.6 Å². The molecule has 0 amide bonds. The van der Waals surface area contributed by atoms with Crippen molar-refractivity contribution in [3.05, 3.63) is 57.6 Å². The van der Waals surface area contributed by atoms with Crippen molar-refractivity contribution in [2.75, 3.05) is 19.1 Å². The van der Waals surface area contributed by atoms with E-state index in [9.17, 15) is 10.2 Å². The molecule has 0 heterocycles. The summed E-state index contributed by atoms with van der Waals surface area (Å²) >= 11 is 18.4. The van der Waals surface area contributed by atoms with Gasteiger partial charge in [0.25, 0.3) is 0 Å². The second kappa shape index (κ2) is 10.7. The summed E-state index contributed by atoms with van der Waals surface area (Å²) in [5.74, 6) is 1.10. The van der Waals surface area contributed by atoms with Gasteiger partial charge in [-0.1, -0.05) is 56.1 Å². The summed E-state index contributed by atoms with van der Waals surface area (Å²) in [5, 5.41) is 19.9. The zero-order chi connectivity index (χ0) is 21.6. The van der Waals surface area contributed by atoms with E-state index in [1.807, 2.05) is 43.3 Å². The summed E-state index contributed by atoms with van der Waals surface area (Å²) in [6.45, 7) is 6.34. The third-order valence-electron chi connectivity index (χ3n) is 4.81. The number of halogens is 3. The molecular weight excluding hydrogens is 435 g/mol. The van der Waals surface area contributed by atoms with E-state index in [1.54, 1.807) is 0 Å². The lowest BCUT2D eigenvalue weighted by Crippen LogP contribution is -2.21. The first-order valence-corrected chi connectivity index (χ1v) is 10.8. The number of benzene rings is 2. The first-order valence-electron chi connectivity index (χ1n) is 9.46. The van der Waals surface area contributed by atoms with Crippen LogP contribution in [0.2, 0.25) is 10.0 Å². The minimum Gasteiger partial charge on any atom is -0.491 e. The van der Waals surface area contributed by atoms with Crippen LogP contribution in [0.3, 0.4) is 0 Å². The predicted octanol–water partition coefficient (Wildman–Crippen LogP) is 5.45. The normalized spacial score (nSPS) is 13.8. The van der Waals surface area contributed by atoms with E-state index in [1.165, 1.54) is 0 Å². The van der Waals surface area contributed by atoms with Crippen molar-refractivity contribution >= 4 is 34.8 Å². The number of hydrogen-bond donors (Lipinski definition) is 2. The average molecular weight is 462 g/mol. The van der Waals surface area contributed by atoms with Crippen LogP contribution >= 0.6 is 34.8 Å². The molecule has 29 heavy (non-hydrogen) atoms. The van der Waals surface area contributed by atoms with E-state index in [-0.39, 0.29) is 24.5 Å². The summed E-state index contributed by atoms with van der Waals surface area (Å²) in [4.78, 5) is 0. The average Bonchev–Trinajstić information content (AvgIpc) is 2.71. The van der Waals surface area contributed by atoms with Gasteiger partial charge in [-0.2, -0.15) is 0 Å². The maximum Gasteiger partial charge on any atom is 0.156 e. The van der Waals surface area contributed by atoms with Crippen molar-refractivity contribution in [1.82, 2.24) is 0 Å². The molecule has 0 radical (unpaired) electrons. The van der Waals surface area contributed by atoms with Crippen LogP contribution < -0.4 is 9.47 Å². The number of aliphatic hydroxyl groups excluding tert-OH is 2. The molecule has 0 spiro atoms. The monoisotopic (exact) mass is 460 g/mol. The van der Waals surface area contributed by atoms with Crippen LogP contribution in [0.15, 0.2) is 36.4 Å². The zero-order valence-electron chi connectivity index (χ0n) is 16.8. The Morgan fingerprint density at radius 2 is 1.45 bits per heavy atom. The van der Waals surface area contributed by atoms with Crippen LogP contribution in [0.1, 0.15) is 38.3 Å². The molecule has 2 aromatic rings. The van der Waals surface area contributed by atoms with Gasteiger partial charge >= 0.3 is 0 Å². The molecule has 0 unspecified atom stereocenters. The molecule has 0 bridgehead atoms. The summed E-state index contributed by atoms with van der Waals surface area (Å²) in [5.41, 5.74) is 1.61. The third-order valence-corrected chi connectivity index (χ3v) is 5.73. The maximum atomic E-state index is 9.63. The lowest BCUT2D eigenvalue weighted by molar-refractivity contribution is 0.104. The highest BCUT2D eigenvalue weighted by Crippen LogP contribution is 2.40. The summed E-state index contributed by atoms with van der Waals surface area (Å²) < 4.78 is 11.1. The minimum atomic E-state index is -0.793. The molecule has 2 atom stereocenters. The Balaban J connectivity index is 2.19. The smallest absolute Gasteiger partial charge is 0.156 e. The first-order chi connectivity index (χ1) is 13.7. The van der Waals surface area contributed by atoms with Crippen molar-refractivity contribution in [2.24, 2.45) is 0 Å². The van der Waals surface area contributed by atoms with Gasteiger partial charge in [-0.25, -0.2) is 0 Å². The summed E-state index contributed by atoms with van der Waals surface area (Å²) in [7, 11) is 0. The summed E-state index contributed by atoms with van der Waals surface area (Å²) in [6.07, 6.45) is -0.613. The molecule has 2 N–H and O–H groups in total. The highest BCUT2D eigenvalue weighted by atomic mass is 35.5. The number of hydrogen-bond acceptors (Lipinski definition) is 4. The molecule has 0 aliphatic heterocycles. The fraction of sp³-hybridized carbons (Fsp3) is 0.455. The Morgan fingerprint density at radius 1 is 0.897 bits per heavy atom. The second-order valence-electron chi connectivity index (χ2n) is 7.41. The topological polar surface area (TPSA) is 58.9 Å². The Bertz CT molecular complexity index is 770. The van der Waals surface area contributed by atoms with E-state index in [0.717, 1.165) is 11.1 Å². The Kier molecular flexibility index (Phi) is 8.92. The molecule has 0 aromatic heterocycles. The van der Waals surface area contributed by atoms with Crippen molar-refractivity contribution in [2.45, 2.75) is 44.8 Å². The van der Waals surface area contributed by atoms with E-state index in [2.05, 4.69) is 13.8 Å². The number of aliphatic hydroxyl groups is 2. The van der Waals surface area contributed by atoms with Crippen molar-refractivity contribution < 1.29 is 19.7 Å². The first kappa shape index (κ1) is 24.1. The van der Waals surface area contributed by atoms with Gasteiger partial charge < -0.3 is 19.7 Å². The van der Waals surface area contributed by atoms with Crippen LogP contribution in [0.25, 0.3) is 0 Å². The second-order valence-corrected chi connectivity index (χ2v) is 8.53. The molecule has 0 saturated carbocycles. The molecule has 0 saturated heterocycles. The molecule has 0 aliphatic carbocycles. The Labute approximate surface area is 187 Å². The van der Waals surface area contributed by atoms with Crippen LogP contribution in [0.5, 0.6) is 11.5 Å². The number of ether oxygens (including phenoxy) is 2. The predicted molar refractivity (Wildman–Crippen MR) is 119 cm³/mol. The molecule has 4 nitrogen and oxygen atoms in total. The Hall–Kier alpha value is -1.17. The highest BCUT2D eigenvalue weighted by molar-refractivity contribution is 6.37. The minimum absolute atomic E-state index is 0.0138. The van der Waals surface area contributed by atoms with Crippen molar-refractivity contribution in [3.8, 4) is 11.5 Å². The quantitative estimate of drug-likeness (QED) is 0.462. The van der Waals surface area contributed by atoms with E-state index < -0.39 is 12.2 Å². The number of rotatable bonds is 10. The van der Waals surface area contributed by atoms with Crippen LogP contribution in [0, 0.1) is 0 Å². The standard InChI is InChI=1S/C22H27Cl3O4/c1-4-16(26)12-28-18-7-5-14(6-8-18)22(2,3)15-9-19(24)21(20(25)10-15)29-13-17(27)11-23/h5-10,16-17,26-27H,4,11-13H2,1-3H3/t16-,17-/m0/s1. The lowest BCUT2D eigenvalue weighted by Gasteiger charge is -2.27. The van der Waals surface area contributed by atoms with E-state index in [4.69, 9.17) is 44.3 Å². The zero-order valence-corrected chi connectivity index (χ0v) is 19.1. The van der Waals surface area contributed by atoms with Gasteiger partial charge in [-0.05, 0) is 41.8 Å².